The van der Waals surface area contributed by atoms with Gasteiger partial charge < -0.3 is 4.90 Å². The summed E-state index contributed by atoms with van der Waals surface area (Å²) in [5, 5.41) is 19.9. The predicted molar refractivity (Wildman–Crippen MR) is 73.0 cm³/mol. The van der Waals surface area contributed by atoms with Gasteiger partial charge >= 0.3 is 0 Å². The molecular formula is C14H15N3O3. The minimum atomic E-state index is -0.934. The summed E-state index contributed by atoms with van der Waals surface area (Å²) in [6.07, 6.45) is 2.93. The van der Waals surface area contributed by atoms with E-state index in [-0.39, 0.29) is 11.6 Å². The molecule has 1 fully saturated rings. The van der Waals surface area contributed by atoms with E-state index >= 15 is 0 Å². The third-order valence-electron chi connectivity index (χ3n) is 3.83. The lowest BCUT2D eigenvalue weighted by atomic mass is 9.86. The number of nitro groups is 1. The number of carbonyl (C=O) groups is 1. The molecule has 1 saturated carbocycles. The zero-order valence-corrected chi connectivity index (χ0v) is 11.2. The third-order valence-corrected chi connectivity index (χ3v) is 3.83. The van der Waals surface area contributed by atoms with Crippen LogP contribution in [-0.4, -0.2) is 17.9 Å². The average molecular weight is 273 g/mol. The molecule has 0 aliphatic heterocycles. The van der Waals surface area contributed by atoms with Crippen LogP contribution < -0.4 is 4.90 Å². The van der Waals surface area contributed by atoms with Gasteiger partial charge in [-0.1, -0.05) is 12.8 Å². The van der Waals surface area contributed by atoms with E-state index in [1.54, 1.807) is 7.05 Å². The smallest absolute Gasteiger partial charge is 0.269 e. The number of rotatable bonds is 3. The highest BCUT2D eigenvalue weighted by Crippen LogP contribution is 2.39. The van der Waals surface area contributed by atoms with Crippen molar-refractivity contribution in [3.8, 4) is 6.07 Å². The normalized spacial score (nSPS) is 16.4. The zero-order chi connectivity index (χ0) is 14.8. The van der Waals surface area contributed by atoms with Gasteiger partial charge in [0.2, 0.25) is 5.91 Å². The van der Waals surface area contributed by atoms with Crippen LogP contribution in [0.1, 0.15) is 25.7 Å². The van der Waals surface area contributed by atoms with E-state index in [0.29, 0.717) is 18.5 Å². The topological polar surface area (TPSA) is 87.2 Å². The van der Waals surface area contributed by atoms with Crippen molar-refractivity contribution in [3.05, 3.63) is 34.4 Å². The van der Waals surface area contributed by atoms with Gasteiger partial charge in [-0.3, -0.25) is 14.9 Å². The molecule has 0 aromatic heterocycles. The highest BCUT2D eigenvalue weighted by Gasteiger charge is 2.43. The summed E-state index contributed by atoms with van der Waals surface area (Å²) in [7, 11) is 1.60. The van der Waals surface area contributed by atoms with Crippen LogP contribution in [0.5, 0.6) is 0 Å². The van der Waals surface area contributed by atoms with Crippen molar-refractivity contribution in [1.29, 1.82) is 5.26 Å². The largest absolute Gasteiger partial charge is 0.314 e. The molecule has 0 saturated heterocycles. The summed E-state index contributed by atoms with van der Waals surface area (Å²) in [4.78, 5) is 24.0. The second-order valence-electron chi connectivity index (χ2n) is 5.04. The molecule has 0 N–H and O–H groups in total. The van der Waals surface area contributed by atoms with Gasteiger partial charge in [-0.25, -0.2) is 0 Å². The first kappa shape index (κ1) is 14.0. The summed E-state index contributed by atoms with van der Waals surface area (Å²) >= 11 is 0. The number of hydrogen-bond acceptors (Lipinski definition) is 4. The predicted octanol–water partition coefficient (Wildman–Crippen LogP) is 2.64. The van der Waals surface area contributed by atoms with Crippen molar-refractivity contribution < 1.29 is 9.72 Å². The number of amides is 1. The lowest BCUT2D eigenvalue weighted by molar-refractivity contribution is -0.384. The Morgan fingerprint density at radius 3 is 2.35 bits per heavy atom. The van der Waals surface area contributed by atoms with Crippen LogP contribution in [0.2, 0.25) is 0 Å². The van der Waals surface area contributed by atoms with Crippen LogP contribution in [0.15, 0.2) is 24.3 Å². The Morgan fingerprint density at radius 1 is 1.35 bits per heavy atom. The van der Waals surface area contributed by atoms with Gasteiger partial charge in [0.15, 0.2) is 0 Å². The molecule has 0 bridgehead atoms. The third kappa shape index (κ3) is 2.35. The maximum absolute atomic E-state index is 12.5. The number of non-ortho nitro benzene ring substituents is 1. The van der Waals surface area contributed by atoms with Crippen LogP contribution in [0.25, 0.3) is 0 Å². The minimum Gasteiger partial charge on any atom is -0.314 e. The highest BCUT2D eigenvalue weighted by molar-refractivity contribution is 5.99. The van der Waals surface area contributed by atoms with Crippen molar-refractivity contribution in [3.63, 3.8) is 0 Å². The maximum atomic E-state index is 12.5. The van der Waals surface area contributed by atoms with Crippen LogP contribution in [0.4, 0.5) is 11.4 Å². The van der Waals surface area contributed by atoms with Gasteiger partial charge in [0.25, 0.3) is 5.69 Å². The molecule has 20 heavy (non-hydrogen) atoms. The fraction of sp³-hybridized carbons (Fsp3) is 0.429. The number of anilines is 1. The molecule has 2 rings (SSSR count). The molecule has 1 aliphatic rings. The number of nitrogens with zero attached hydrogens (tertiary/aromatic N) is 3. The lowest BCUT2D eigenvalue weighted by Crippen LogP contribution is -2.39. The molecular weight excluding hydrogens is 258 g/mol. The van der Waals surface area contributed by atoms with Crippen molar-refractivity contribution in [2.24, 2.45) is 5.41 Å². The molecule has 0 spiro atoms. The average Bonchev–Trinajstić information content (AvgIpc) is 2.96. The van der Waals surface area contributed by atoms with E-state index < -0.39 is 10.3 Å². The Bertz CT molecular complexity index is 568. The molecule has 0 radical (unpaired) electrons. The van der Waals surface area contributed by atoms with Crippen LogP contribution >= 0.6 is 0 Å². The molecule has 1 aromatic carbocycles. The van der Waals surface area contributed by atoms with Gasteiger partial charge in [0.1, 0.15) is 5.41 Å². The first-order valence-corrected chi connectivity index (χ1v) is 6.44. The SMILES string of the molecule is CN(C(=O)C1(C#N)CCCC1)c1ccc([N+](=O)[O-])cc1. The van der Waals surface area contributed by atoms with Gasteiger partial charge in [-0.05, 0) is 25.0 Å². The summed E-state index contributed by atoms with van der Waals surface area (Å²) < 4.78 is 0. The fourth-order valence-corrected chi connectivity index (χ4v) is 2.59. The Balaban J connectivity index is 2.22. The molecule has 6 nitrogen and oxygen atoms in total. The van der Waals surface area contributed by atoms with Crippen molar-refractivity contribution in [1.82, 2.24) is 0 Å². The monoisotopic (exact) mass is 273 g/mol. The Hall–Kier alpha value is -2.42. The van der Waals surface area contributed by atoms with Crippen molar-refractivity contribution in [2.75, 3.05) is 11.9 Å². The van der Waals surface area contributed by atoms with E-state index in [4.69, 9.17) is 0 Å². The number of carbonyl (C=O) groups excluding carboxylic acids is 1. The van der Waals surface area contributed by atoms with E-state index in [2.05, 4.69) is 6.07 Å². The molecule has 104 valence electrons. The molecule has 0 unspecified atom stereocenters. The second-order valence-corrected chi connectivity index (χ2v) is 5.04. The molecule has 1 aliphatic carbocycles. The quantitative estimate of drug-likeness (QED) is 0.625. The summed E-state index contributed by atoms with van der Waals surface area (Å²) in [5.41, 5.74) is -0.399. The van der Waals surface area contributed by atoms with Gasteiger partial charge in [0, 0.05) is 24.9 Å². The Labute approximate surface area is 116 Å². The number of hydrogen-bond donors (Lipinski definition) is 0. The van der Waals surface area contributed by atoms with Crippen LogP contribution in [0.3, 0.4) is 0 Å². The highest BCUT2D eigenvalue weighted by atomic mass is 16.6. The Morgan fingerprint density at radius 2 is 1.90 bits per heavy atom. The van der Waals surface area contributed by atoms with Crippen LogP contribution in [-0.2, 0) is 4.79 Å². The van der Waals surface area contributed by atoms with E-state index in [9.17, 15) is 20.2 Å². The van der Waals surface area contributed by atoms with Gasteiger partial charge in [-0.15, -0.1) is 0 Å². The molecule has 0 atom stereocenters. The Kier molecular flexibility index (Phi) is 3.70. The number of benzene rings is 1. The van der Waals surface area contributed by atoms with Gasteiger partial charge in [0.05, 0.1) is 11.0 Å². The fourth-order valence-electron chi connectivity index (χ4n) is 2.59. The van der Waals surface area contributed by atoms with Gasteiger partial charge in [-0.2, -0.15) is 5.26 Å². The van der Waals surface area contributed by atoms with Crippen molar-refractivity contribution >= 4 is 17.3 Å². The molecule has 0 heterocycles. The van der Waals surface area contributed by atoms with Crippen LogP contribution in [0, 0.1) is 26.9 Å². The maximum Gasteiger partial charge on any atom is 0.269 e. The van der Waals surface area contributed by atoms with E-state index in [0.717, 1.165) is 12.8 Å². The molecule has 1 aromatic rings. The first-order chi connectivity index (χ1) is 9.50. The lowest BCUT2D eigenvalue weighted by Gasteiger charge is -2.26. The van der Waals surface area contributed by atoms with E-state index in [1.165, 1.54) is 29.2 Å². The minimum absolute atomic E-state index is 0.0227. The summed E-state index contributed by atoms with van der Waals surface area (Å²) in [6.45, 7) is 0. The molecule has 6 heteroatoms. The second kappa shape index (κ2) is 5.29. The standard InChI is InChI=1S/C14H15N3O3/c1-16(11-4-6-12(7-5-11)17(19)20)13(18)14(10-15)8-2-3-9-14/h4-7H,2-3,8-9H2,1H3. The van der Waals surface area contributed by atoms with E-state index in [1.807, 2.05) is 0 Å². The first-order valence-electron chi connectivity index (χ1n) is 6.44. The summed E-state index contributed by atoms with van der Waals surface area (Å²) in [6, 6.07) is 7.91. The summed E-state index contributed by atoms with van der Waals surface area (Å²) in [5.74, 6) is -0.230. The molecule has 1 amide bonds. The van der Waals surface area contributed by atoms with Crippen molar-refractivity contribution in [2.45, 2.75) is 25.7 Å². The number of nitro benzene ring substituents is 1. The zero-order valence-electron chi connectivity index (χ0n) is 11.2. The number of nitriles is 1.